The summed E-state index contributed by atoms with van der Waals surface area (Å²) in [5, 5.41) is -1.10. The van der Waals surface area contributed by atoms with Crippen LogP contribution in [0.1, 0.15) is 0 Å². The summed E-state index contributed by atoms with van der Waals surface area (Å²) in [4.78, 5) is 9.39. The topological polar surface area (TPSA) is 20.2 Å². The molecule has 15 heavy (non-hydrogen) atoms. The van der Waals surface area contributed by atoms with Gasteiger partial charge in [0, 0.05) is 5.19 Å². The molecule has 0 heterocycles. The van der Waals surface area contributed by atoms with Crippen LogP contribution in [0.4, 0.5) is 22.0 Å². The van der Waals surface area contributed by atoms with Gasteiger partial charge in [-0.25, -0.2) is 22.0 Å². The Labute approximate surface area is 83.3 Å². The van der Waals surface area contributed by atoms with Crippen LogP contribution in [0.3, 0.4) is 0 Å². The first-order valence-electron chi connectivity index (χ1n) is 3.92. The predicted molar refractivity (Wildman–Crippen MR) is 45.6 cm³/mol. The van der Waals surface area contributed by atoms with Gasteiger partial charge in [-0.2, -0.15) is 0 Å². The van der Waals surface area contributed by atoms with E-state index in [1.165, 1.54) is 0 Å². The Balaban J connectivity index is 3.68. The van der Waals surface area contributed by atoms with E-state index in [1.54, 1.807) is 0 Å². The molecule has 0 saturated heterocycles. The maximum Gasteiger partial charge on any atom is 0.220 e. The van der Waals surface area contributed by atoms with Crippen LogP contribution in [0.15, 0.2) is 0 Å². The molecule has 1 rings (SSSR count). The molecular weight excluding hydrogens is 235 g/mol. The number of hydrogen-bond acceptors (Lipinski definition) is 1. The summed E-state index contributed by atoms with van der Waals surface area (Å²) in [6, 6.07) is 0. The molecule has 1 aromatic rings. The summed E-state index contributed by atoms with van der Waals surface area (Å²) in [7, 11) is -3.60. The Kier molecular flexibility index (Phi) is 2.88. The first kappa shape index (κ1) is 12.1. The minimum Gasteiger partial charge on any atom is -0.428 e. The molecule has 0 saturated carbocycles. The van der Waals surface area contributed by atoms with E-state index in [9.17, 15) is 26.7 Å². The van der Waals surface area contributed by atoms with Crippen LogP contribution in [-0.2, 0) is 0 Å². The molecule has 0 aliphatic carbocycles. The Morgan fingerprint density at radius 2 is 1.00 bits per heavy atom. The minimum absolute atomic E-state index is 1.06. The van der Waals surface area contributed by atoms with Gasteiger partial charge >= 0.3 is 0 Å². The average molecular weight is 242 g/mol. The van der Waals surface area contributed by atoms with Crippen molar-refractivity contribution >= 4 is 13.5 Å². The van der Waals surface area contributed by atoms with E-state index < -0.39 is 42.6 Å². The van der Waals surface area contributed by atoms with E-state index in [-0.39, 0.29) is 0 Å². The lowest BCUT2D eigenvalue weighted by Crippen LogP contribution is -2.47. The Morgan fingerprint density at radius 3 is 1.27 bits per heavy atom. The second-order valence-electron chi connectivity index (χ2n) is 3.50. The van der Waals surface area contributed by atoms with Crippen molar-refractivity contribution in [3.63, 3.8) is 0 Å². The maximum atomic E-state index is 13.1. The molecule has 0 atom stereocenters. The second-order valence-corrected chi connectivity index (χ2v) is 7.12. The summed E-state index contributed by atoms with van der Waals surface area (Å²) >= 11 is 0. The van der Waals surface area contributed by atoms with E-state index in [2.05, 4.69) is 0 Å². The largest absolute Gasteiger partial charge is 0.428 e. The van der Waals surface area contributed by atoms with Gasteiger partial charge in [-0.15, -0.1) is 0 Å². The fraction of sp³-hybridized carbons (Fsp3) is 0.250. The standard InChI is InChI=1S/C8H7F5OSi/c1-15(2,14)8-6(12)4(10)3(9)5(11)7(8)13/h14H,1-2H3. The van der Waals surface area contributed by atoms with Gasteiger partial charge in [0.25, 0.3) is 0 Å². The molecule has 0 bridgehead atoms. The zero-order chi connectivity index (χ0) is 12.0. The van der Waals surface area contributed by atoms with Gasteiger partial charge in [0.2, 0.25) is 14.1 Å². The third-order valence-electron chi connectivity index (χ3n) is 1.82. The van der Waals surface area contributed by atoms with Crippen LogP contribution in [-0.4, -0.2) is 13.1 Å². The molecule has 0 aliphatic rings. The number of halogens is 5. The molecule has 0 radical (unpaired) electrons. The van der Waals surface area contributed by atoms with Gasteiger partial charge in [-0.1, -0.05) is 0 Å². The summed E-state index contributed by atoms with van der Waals surface area (Å²) in [6.45, 7) is 2.12. The van der Waals surface area contributed by atoms with Crippen molar-refractivity contribution in [3.8, 4) is 0 Å². The highest BCUT2D eigenvalue weighted by atomic mass is 28.4. The van der Waals surface area contributed by atoms with Crippen LogP contribution >= 0.6 is 0 Å². The van der Waals surface area contributed by atoms with E-state index in [0.717, 1.165) is 13.1 Å². The molecule has 0 fully saturated rings. The van der Waals surface area contributed by atoms with Gasteiger partial charge in [0.15, 0.2) is 23.3 Å². The van der Waals surface area contributed by atoms with Gasteiger partial charge in [-0.3, -0.25) is 0 Å². The maximum absolute atomic E-state index is 13.1. The van der Waals surface area contributed by atoms with Crippen LogP contribution in [0, 0.1) is 29.1 Å². The van der Waals surface area contributed by atoms with Crippen LogP contribution < -0.4 is 5.19 Å². The molecule has 0 spiro atoms. The molecule has 0 amide bonds. The number of hydrogen-bond donors (Lipinski definition) is 1. The first-order valence-corrected chi connectivity index (χ1v) is 6.87. The van der Waals surface area contributed by atoms with Crippen molar-refractivity contribution in [2.75, 3.05) is 0 Å². The van der Waals surface area contributed by atoms with Crippen LogP contribution in [0.2, 0.25) is 13.1 Å². The van der Waals surface area contributed by atoms with Gasteiger partial charge in [-0.05, 0) is 13.1 Å². The highest BCUT2D eigenvalue weighted by Gasteiger charge is 2.35. The van der Waals surface area contributed by atoms with Crippen molar-refractivity contribution < 1.29 is 26.7 Å². The van der Waals surface area contributed by atoms with Crippen molar-refractivity contribution in [2.24, 2.45) is 0 Å². The predicted octanol–water partition coefficient (Wildman–Crippen LogP) is 1.79. The Bertz CT molecular complexity index is 383. The highest BCUT2D eigenvalue weighted by Crippen LogP contribution is 2.18. The zero-order valence-corrected chi connectivity index (χ0v) is 8.84. The molecular formula is C8H7F5OSi. The molecule has 1 N–H and O–H groups in total. The third-order valence-corrected chi connectivity index (χ3v) is 3.48. The average Bonchev–Trinajstić information content (AvgIpc) is 2.09. The molecule has 0 aliphatic heterocycles. The molecule has 0 unspecified atom stereocenters. The quantitative estimate of drug-likeness (QED) is 0.344. The SMILES string of the molecule is C[Si](C)(O)c1c(F)c(F)c(F)c(F)c1F. The van der Waals surface area contributed by atoms with Gasteiger partial charge in [0.1, 0.15) is 0 Å². The lowest BCUT2D eigenvalue weighted by molar-refractivity contribution is 0.381. The van der Waals surface area contributed by atoms with Gasteiger partial charge < -0.3 is 4.80 Å². The lowest BCUT2D eigenvalue weighted by atomic mass is 10.3. The summed E-state index contributed by atoms with van der Waals surface area (Å²) in [5.41, 5.74) is 0. The summed E-state index contributed by atoms with van der Waals surface area (Å²) in [5.74, 6) is -10.2. The fourth-order valence-corrected chi connectivity index (χ4v) is 2.44. The lowest BCUT2D eigenvalue weighted by Gasteiger charge is -2.17. The smallest absolute Gasteiger partial charge is 0.220 e. The van der Waals surface area contributed by atoms with Crippen LogP contribution in [0.5, 0.6) is 0 Å². The molecule has 0 aromatic heterocycles. The Hall–Kier alpha value is -0.953. The number of rotatable bonds is 1. The molecule has 7 heteroatoms. The second kappa shape index (κ2) is 3.56. The molecule has 1 nitrogen and oxygen atoms in total. The van der Waals surface area contributed by atoms with Crippen molar-refractivity contribution in [3.05, 3.63) is 29.1 Å². The zero-order valence-electron chi connectivity index (χ0n) is 7.84. The monoisotopic (exact) mass is 242 g/mol. The third kappa shape index (κ3) is 1.89. The highest BCUT2D eigenvalue weighted by molar-refractivity contribution is 6.83. The van der Waals surface area contributed by atoms with Gasteiger partial charge in [0.05, 0.1) is 0 Å². The molecule has 84 valence electrons. The van der Waals surface area contributed by atoms with E-state index in [4.69, 9.17) is 0 Å². The summed E-state index contributed by atoms with van der Waals surface area (Å²) in [6.07, 6.45) is 0. The van der Waals surface area contributed by atoms with E-state index in [0.29, 0.717) is 0 Å². The van der Waals surface area contributed by atoms with E-state index in [1.807, 2.05) is 0 Å². The van der Waals surface area contributed by atoms with Crippen molar-refractivity contribution in [2.45, 2.75) is 13.1 Å². The molecule has 1 aromatic carbocycles. The van der Waals surface area contributed by atoms with Crippen molar-refractivity contribution in [1.29, 1.82) is 0 Å². The minimum atomic E-state index is -3.60. The fourth-order valence-electron chi connectivity index (χ4n) is 1.14. The normalized spacial score (nSPS) is 12.0. The van der Waals surface area contributed by atoms with Crippen LogP contribution in [0.25, 0.3) is 0 Å². The van der Waals surface area contributed by atoms with Crippen molar-refractivity contribution in [1.82, 2.24) is 0 Å². The Morgan fingerprint density at radius 1 is 0.733 bits per heavy atom. The van der Waals surface area contributed by atoms with E-state index >= 15 is 0 Å². The summed E-state index contributed by atoms with van der Waals surface area (Å²) < 4.78 is 64.1. The number of benzene rings is 1. The first-order chi connectivity index (χ1) is 6.68.